The summed E-state index contributed by atoms with van der Waals surface area (Å²) in [6.07, 6.45) is 9.56. The van der Waals surface area contributed by atoms with Crippen LogP contribution in [0.3, 0.4) is 0 Å². The maximum atomic E-state index is 6.34. The highest BCUT2D eigenvalue weighted by molar-refractivity contribution is 5.03. The molecular formula is C15H25N3. The van der Waals surface area contributed by atoms with Crippen molar-refractivity contribution in [3.05, 3.63) is 30.1 Å². The lowest BCUT2D eigenvalue weighted by Gasteiger charge is -2.34. The van der Waals surface area contributed by atoms with E-state index in [9.17, 15) is 0 Å². The van der Waals surface area contributed by atoms with Crippen molar-refractivity contribution in [2.75, 3.05) is 7.05 Å². The van der Waals surface area contributed by atoms with E-state index in [2.05, 4.69) is 23.0 Å². The summed E-state index contributed by atoms with van der Waals surface area (Å²) in [5.74, 6) is 0. The first-order valence-corrected chi connectivity index (χ1v) is 7.13. The maximum Gasteiger partial charge on any atom is 0.0543 e. The summed E-state index contributed by atoms with van der Waals surface area (Å²) in [5, 5.41) is 0. The molecule has 0 aromatic carbocycles. The summed E-state index contributed by atoms with van der Waals surface area (Å²) in [6, 6.07) is 6.93. The van der Waals surface area contributed by atoms with Crippen LogP contribution < -0.4 is 5.73 Å². The Morgan fingerprint density at radius 3 is 2.72 bits per heavy atom. The van der Waals surface area contributed by atoms with Crippen LogP contribution in [-0.2, 0) is 6.54 Å². The average Bonchev–Trinajstić information content (AvgIpc) is 2.35. The van der Waals surface area contributed by atoms with Crippen molar-refractivity contribution in [1.29, 1.82) is 0 Å². The van der Waals surface area contributed by atoms with E-state index in [1.165, 1.54) is 32.1 Å². The van der Waals surface area contributed by atoms with Crippen LogP contribution in [0, 0.1) is 0 Å². The summed E-state index contributed by atoms with van der Waals surface area (Å²) in [6.45, 7) is 0.902. The van der Waals surface area contributed by atoms with E-state index in [0.29, 0.717) is 12.1 Å². The summed E-state index contributed by atoms with van der Waals surface area (Å²) in [7, 11) is 2.18. The Kier molecular flexibility index (Phi) is 5.14. The van der Waals surface area contributed by atoms with Gasteiger partial charge in [0.25, 0.3) is 0 Å². The van der Waals surface area contributed by atoms with Gasteiger partial charge in [0.1, 0.15) is 0 Å². The molecule has 1 saturated carbocycles. The molecule has 2 atom stereocenters. The minimum atomic E-state index is 0.319. The van der Waals surface area contributed by atoms with Gasteiger partial charge in [-0.05, 0) is 32.0 Å². The molecule has 0 amide bonds. The van der Waals surface area contributed by atoms with Gasteiger partial charge < -0.3 is 5.73 Å². The number of hydrogen-bond acceptors (Lipinski definition) is 3. The highest BCUT2D eigenvalue weighted by Gasteiger charge is 2.23. The Morgan fingerprint density at radius 1 is 1.22 bits per heavy atom. The number of pyridine rings is 1. The van der Waals surface area contributed by atoms with Gasteiger partial charge >= 0.3 is 0 Å². The monoisotopic (exact) mass is 247 g/mol. The van der Waals surface area contributed by atoms with E-state index in [0.717, 1.165) is 18.7 Å². The van der Waals surface area contributed by atoms with Gasteiger partial charge in [0.15, 0.2) is 0 Å². The van der Waals surface area contributed by atoms with Crippen molar-refractivity contribution in [2.45, 2.75) is 57.2 Å². The Balaban J connectivity index is 1.95. The Hall–Kier alpha value is -0.930. The fourth-order valence-corrected chi connectivity index (χ4v) is 2.91. The number of likely N-dealkylation sites (N-methyl/N-ethyl adjacent to an activating group) is 1. The fraction of sp³-hybridized carbons (Fsp3) is 0.667. The Labute approximate surface area is 110 Å². The zero-order chi connectivity index (χ0) is 12.8. The summed E-state index contributed by atoms with van der Waals surface area (Å²) < 4.78 is 0. The van der Waals surface area contributed by atoms with E-state index < -0.39 is 0 Å². The molecule has 3 nitrogen and oxygen atoms in total. The van der Waals surface area contributed by atoms with Gasteiger partial charge in [0, 0.05) is 24.8 Å². The molecule has 2 unspecified atom stereocenters. The van der Waals surface area contributed by atoms with E-state index in [1.54, 1.807) is 0 Å². The van der Waals surface area contributed by atoms with Crippen molar-refractivity contribution < 1.29 is 0 Å². The van der Waals surface area contributed by atoms with E-state index >= 15 is 0 Å². The smallest absolute Gasteiger partial charge is 0.0543 e. The summed E-state index contributed by atoms with van der Waals surface area (Å²) >= 11 is 0. The predicted octanol–water partition coefficient (Wildman–Crippen LogP) is 2.56. The van der Waals surface area contributed by atoms with Gasteiger partial charge in [0.2, 0.25) is 0 Å². The molecule has 1 aliphatic rings. The molecule has 1 heterocycles. The lowest BCUT2D eigenvalue weighted by molar-refractivity contribution is 0.173. The lowest BCUT2D eigenvalue weighted by Crippen LogP contribution is -2.46. The normalized spacial score (nSPS) is 25.7. The third-order valence-corrected chi connectivity index (χ3v) is 3.99. The van der Waals surface area contributed by atoms with Crippen LogP contribution in [0.25, 0.3) is 0 Å². The molecule has 1 aliphatic carbocycles. The highest BCUT2D eigenvalue weighted by atomic mass is 15.2. The van der Waals surface area contributed by atoms with Gasteiger partial charge in [-0.2, -0.15) is 0 Å². The number of aromatic nitrogens is 1. The minimum Gasteiger partial charge on any atom is -0.326 e. The van der Waals surface area contributed by atoms with Crippen LogP contribution in [-0.4, -0.2) is 29.0 Å². The molecule has 2 rings (SSSR count). The van der Waals surface area contributed by atoms with Crippen molar-refractivity contribution >= 4 is 0 Å². The summed E-state index contributed by atoms with van der Waals surface area (Å²) in [4.78, 5) is 6.79. The quantitative estimate of drug-likeness (QED) is 0.892. The number of nitrogens with two attached hydrogens (primary N) is 1. The number of hydrogen-bond donors (Lipinski definition) is 1. The molecular weight excluding hydrogens is 222 g/mol. The van der Waals surface area contributed by atoms with Crippen molar-refractivity contribution in [3.8, 4) is 0 Å². The van der Waals surface area contributed by atoms with Gasteiger partial charge in [-0.3, -0.25) is 9.88 Å². The number of nitrogens with zero attached hydrogens (tertiary/aromatic N) is 2. The van der Waals surface area contributed by atoms with Crippen LogP contribution in [0.5, 0.6) is 0 Å². The molecule has 1 aromatic heterocycles. The van der Waals surface area contributed by atoms with Gasteiger partial charge in [0.05, 0.1) is 5.69 Å². The molecule has 0 aliphatic heterocycles. The van der Waals surface area contributed by atoms with Gasteiger partial charge in [-0.15, -0.1) is 0 Å². The first-order chi connectivity index (χ1) is 8.77. The third kappa shape index (κ3) is 3.79. The van der Waals surface area contributed by atoms with E-state index in [1.807, 2.05) is 18.3 Å². The third-order valence-electron chi connectivity index (χ3n) is 3.99. The molecule has 1 aromatic rings. The molecule has 0 radical (unpaired) electrons. The first kappa shape index (κ1) is 13.5. The largest absolute Gasteiger partial charge is 0.326 e. The average molecular weight is 247 g/mol. The molecule has 18 heavy (non-hydrogen) atoms. The topological polar surface area (TPSA) is 42.2 Å². The van der Waals surface area contributed by atoms with Crippen LogP contribution in [0.1, 0.15) is 44.2 Å². The van der Waals surface area contributed by atoms with E-state index in [4.69, 9.17) is 5.73 Å². The van der Waals surface area contributed by atoms with Gasteiger partial charge in [-0.1, -0.05) is 31.7 Å². The van der Waals surface area contributed by atoms with Gasteiger partial charge in [-0.25, -0.2) is 0 Å². The zero-order valence-corrected chi connectivity index (χ0v) is 11.4. The molecule has 0 bridgehead atoms. The van der Waals surface area contributed by atoms with Crippen molar-refractivity contribution in [3.63, 3.8) is 0 Å². The van der Waals surface area contributed by atoms with Crippen molar-refractivity contribution in [1.82, 2.24) is 9.88 Å². The minimum absolute atomic E-state index is 0.319. The Morgan fingerprint density at radius 2 is 2.00 bits per heavy atom. The second-order valence-electron chi connectivity index (χ2n) is 5.46. The van der Waals surface area contributed by atoms with Crippen LogP contribution in [0.2, 0.25) is 0 Å². The standard InChI is InChI=1S/C15H25N3/c1-18(12-13-8-6-7-11-17-13)15-10-5-3-2-4-9-14(15)16/h6-8,11,14-15H,2-5,9-10,12,16H2,1H3. The predicted molar refractivity (Wildman–Crippen MR) is 75.2 cm³/mol. The Bertz CT molecular complexity index is 339. The SMILES string of the molecule is CN(Cc1ccccn1)C1CCCCCCC1N. The summed E-state index contributed by atoms with van der Waals surface area (Å²) in [5.41, 5.74) is 7.47. The lowest BCUT2D eigenvalue weighted by atomic mass is 9.92. The van der Waals surface area contributed by atoms with Crippen LogP contribution in [0.15, 0.2) is 24.4 Å². The molecule has 3 heteroatoms. The second-order valence-corrected chi connectivity index (χ2v) is 5.46. The van der Waals surface area contributed by atoms with Crippen molar-refractivity contribution in [2.24, 2.45) is 5.73 Å². The number of rotatable bonds is 3. The molecule has 0 spiro atoms. The molecule has 100 valence electrons. The first-order valence-electron chi connectivity index (χ1n) is 7.13. The molecule has 0 saturated heterocycles. The second kappa shape index (κ2) is 6.86. The van der Waals surface area contributed by atoms with E-state index in [-0.39, 0.29) is 0 Å². The molecule has 1 fully saturated rings. The highest BCUT2D eigenvalue weighted by Crippen LogP contribution is 2.21. The maximum absolute atomic E-state index is 6.34. The molecule has 2 N–H and O–H groups in total. The fourth-order valence-electron chi connectivity index (χ4n) is 2.91. The van der Waals surface area contributed by atoms with Crippen LogP contribution in [0.4, 0.5) is 0 Å². The van der Waals surface area contributed by atoms with Crippen LogP contribution >= 0.6 is 0 Å². The zero-order valence-electron chi connectivity index (χ0n) is 11.4.